The molecule has 0 aromatic heterocycles. The molecule has 2 unspecified atom stereocenters. The first-order valence-electron chi connectivity index (χ1n) is 11.6. The Kier molecular flexibility index (Phi) is 7.23. The van der Waals surface area contributed by atoms with E-state index in [0.717, 1.165) is 24.8 Å². The first-order valence-corrected chi connectivity index (χ1v) is 13.4. The molecule has 0 saturated carbocycles. The number of benzene rings is 2. The second kappa shape index (κ2) is 9.94. The van der Waals surface area contributed by atoms with Crippen molar-refractivity contribution in [2.75, 3.05) is 13.1 Å². The number of carbonyl (C=O) groups is 1. The molecule has 1 aliphatic heterocycles. The molecule has 4 rings (SSSR count). The Bertz CT molecular complexity index is 1070. The van der Waals surface area contributed by atoms with Crippen molar-refractivity contribution >= 4 is 27.5 Å². The molecule has 7 heteroatoms. The van der Waals surface area contributed by atoms with Crippen LogP contribution in [0.25, 0.3) is 0 Å². The number of carbonyl (C=O) groups excluding carboxylic acids is 1. The summed E-state index contributed by atoms with van der Waals surface area (Å²) in [5, 5.41) is 3.69. The van der Waals surface area contributed by atoms with Crippen molar-refractivity contribution in [1.82, 2.24) is 9.62 Å². The highest BCUT2D eigenvalue weighted by Gasteiger charge is 2.34. The standard InChI is InChI=1S/C25H31ClN2O3S/c1-2-24(20-10-9-18-6-3-4-7-19(18)16-20)27-25(29)21-8-5-15-28(17-21)32(30,31)23-13-11-22(26)12-14-23/h9-14,16,21,24H,2-8,15,17H2,1H3,(H,27,29). The van der Waals surface area contributed by atoms with Gasteiger partial charge >= 0.3 is 0 Å². The van der Waals surface area contributed by atoms with Crippen molar-refractivity contribution in [2.45, 2.75) is 62.8 Å². The predicted octanol–water partition coefficient (Wildman–Crippen LogP) is 4.89. The van der Waals surface area contributed by atoms with Crippen LogP contribution in [0.15, 0.2) is 47.4 Å². The zero-order valence-electron chi connectivity index (χ0n) is 18.5. The molecule has 0 radical (unpaired) electrons. The number of fused-ring (bicyclic) bond motifs is 1. The minimum atomic E-state index is -3.65. The molecule has 1 saturated heterocycles. The van der Waals surface area contributed by atoms with E-state index in [4.69, 9.17) is 11.6 Å². The average Bonchev–Trinajstić information content (AvgIpc) is 2.82. The van der Waals surface area contributed by atoms with Crippen molar-refractivity contribution in [3.05, 3.63) is 64.2 Å². The Balaban J connectivity index is 1.45. The molecule has 2 aromatic rings. The normalized spacial score (nSPS) is 20.4. The maximum Gasteiger partial charge on any atom is 0.243 e. The smallest absolute Gasteiger partial charge is 0.243 e. The minimum Gasteiger partial charge on any atom is -0.349 e. The Labute approximate surface area is 196 Å². The summed E-state index contributed by atoms with van der Waals surface area (Å²) in [5.74, 6) is -0.414. The van der Waals surface area contributed by atoms with Crippen LogP contribution in [-0.2, 0) is 27.7 Å². The molecule has 5 nitrogen and oxygen atoms in total. The zero-order valence-corrected chi connectivity index (χ0v) is 20.1. The maximum atomic E-state index is 13.1. The summed E-state index contributed by atoms with van der Waals surface area (Å²) in [6.07, 6.45) is 6.87. The fourth-order valence-corrected chi connectivity index (χ4v) is 6.46. The molecule has 1 fully saturated rings. The van der Waals surface area contributed by atoms with E-state index in [1.807, 2.05) is 0 Å². The van der Waals surface area contributed by atoms with E-state index in [0.29, 0.717) is 24.4 Å². The maximum absolute atomic E-state index is 13.1. The SMILES string of the molecule is CCC(NC(=O)C1CCCN(S(=O)(=O)c2ccc(Cl)cc2)C1)c1ccc2c(c1)CCCC2. The molecular formula is C25H31ClN2O3S. The second-order valence-electron chi connectivity index (χ2n) is 8.86. The molecule has 2 aliphatic rings. The third-order valence-electron chi connectivity index (χ3n) is 6.71. The van der Waals surface area contributed by atoms with Gasteiger partial charge in [0.1, 0.15) is 0 Å². The van der Waals surface area contributed by atoms with Crippen LogP contribution in [0.5, 0.6) is 0 Å². The number of nitrogens with zero attached hydrogens (tertiary/aromatic N) is 1. The topological polar surface area (TPSA) is 66.5 Å². The lowest BCUT2D eigenvalue weighted by molar-refractivity contribution is -0.126. The summed E-state index contributed by atoms with van der Waals surface area (Å²) in [7, 11) is -3.65. The fourth-order valence-electron chi connectivity index (χ4n) is 4.81. The van der Waals surface area contributed by atoms with Gasteiger partial charge in [-0.25, -0.2) is 8.42 Å². The summed E-state index contributed by atoms with van der Waals surface area (Å²) >= 11 is 5.90. The van der Waals surface area contributed by atoms with Crippen LogP contribution in [0.1, 0.15) is 61.8 Å². The number of aryl methyl sites for hydroxylation is 2. The number of sulfonamides is 1. The highest BCUT2D eigenvalue weighted by atomic mass is 35.5. The minimum absolute atomic E-state index is 0.0574. The quantitative estimate of drug-likeness (QED) is 0.648. The van der Waals surface area contributed by atoms with E-state index >= 15 is 0 Å². The third kappa shape index (κ3) is 5.03. The lowest BCUT2D eigenvalue weighted by Crippen LogP contribution is -2.46. The van der Waals surface area contributed by atoms with E-state index in [1.54, 1.807) is 12.1 Å². The highest BCUT2D eigenvalue weighted by molar-refractivity contribution is 7.89. The van der Waals surface area contributed by atoms with Crippen LogP contribution in [0.3, 0.4) is 0 Å². The molecule has 1 aliphatic carbocycles. The van der Waals surface area contributed by atoms with E-state index in [-0.39, 0.29) is 29.3 Å². The first kappa shape index (κ1) is 23.3. The summed E-state index contributed by atoms with van der Waals surface area (Å²) in [4.78, 5) is 13.3. The molecule has 1 heterocycles. The van der Waals surface area contributed by atoms with Gasteiger partial charge < -0.3 is 5.32 Å². The number of rotatable bonds is 6. The van der Waals surface area contributed by atoms with Gasteiger partial charge in [-0.15, -0.1) is 0 Å². The number of hydrogen-bond acceptors (Lipinski definition) is 3. The summed E-state index contributed by atoms with van der Waals surface area (Å²) in [6, 6.07) is 12.7. The molecule has 1 N–H and O–H groups in total. The van der Waals surface area contributed by atoms with Crippen LogP contribution in [0, 0.1) is 5.92 Å². The van der Waals surface area contributed by atoms with Crippen LogP contribution < -0.4 is 5.32 Å². The van der Waals surface area contributed by atoms with Gasteiger partial charge in [-0.2, -0.15) is 4.31 Å². The van der Waals surface area contributed by atoms with Crippen molar-refractivity contribution in [2.24, 2.45) is 5.92 Å². The van der Waals surface area contributed by atoms with Gasteiger partial charge in [-0.3, -0.25) is 4.79 Å². The molecule has 0 spiro atoms. The molecule has 32 heavy (non-hydrogen) atoms. The van der Waals surface area contributed by atoms with E-state index in [9.17, 15) is 13.2 Å². The molecule has 2 aromatic carbocycles. The van der Waals surface area contributed by atoms with Crippen LogP contribution >= 0.6 is 11.6 Å². The monoisotopic (exact) mass is 474 g/mol. The fraction of sp³-hybridized carbons (Fsp3) is 0.480. The molecule has 1 amide bonds. The Morgan fingerprint density at radius 1 is 1.09 bits per heavy atom. The van der Waals surface area contributed by atoms with Gasteiger partial charge in [-0.1, -0.05) is 36.7 Å². The number of hydrogen-bond donors (Lipinski definition) is 1. The molecular weight excluding hydrogens is 444 g/mol. The van der Waals surface area contributed by atoms with Crippen LogP contribution in [-0.4, -0.2) is 31.7 Å². The molecule has 172 valence electrons. The average molecular weight is 475 g/mol. The largest absolute Gasteiger partial charge is 0.349 e. The van der Waals surface area contributed by atoms with Gasteiger partial charge in [0.25, 0.3) is 0 Å². The Hall–Kier alpha value is -1.89. The lowest BCUT2D eigenvalue weighted by Gasteiger charge is -2.32. The van der Waals surface area contributed by atoms with Crippen molar-refractivity contribution in [3.8, 4) is 0 Å². The van der Waals surface area contributed by atoms with Gasteiger partial charge in [0.15, 0.2) is 0 Å². The molecule has 2 atom stereocenters. The van der Waals surface area contributed by atoms with Crippen molar-refractivity contribution < 1.29 is 13.2 Å². The van der Waals surface area contributed by atoms with E-state index in [1.165, 1.54) is 40.4 Å². The predicted molar refractivity (Wildman–Crippen MR) is 127 cm³/mol. The Morgan fingerprint density at radius 3 is 2.53 bits per heavy atom. The second-order valence-corrected chi connectivity index (χ2v) is 11.2. The zero-order chi connectivity index (χ0) is 22.7. The van der Waals surface area contributed by atoms with Gasteiger partial charge in [0, 0.05) is 18.1 Å². The Morgan fingerprint density at radius 2 is 1.81 bits per heavy atom. The van der Waals surface area contributed by atoms with Crippen LogP contribution in [0.4, 0.5) is 0 Å². The number of nitrogens with one attached hydrogen (secondary N) is 1. The summed E-state index contributed by atoms with van der Waals surface area (Å²) in [5.41, 5.74) is 3.97. The van der Waals surface area contributed by atoms with Gasteiger partial charge in [-0.05, 0) is 85.9 Å². The van der Waals surface area contributed by atoms with Crippen molar-refractivity contribution in [3.63, 3.8) is 0 Å². The number of amides is 1. The lowest BCUT2D eigenvalue weighted by atomic mass is 9.88. The van der Waals surface area contributed by atoms with E-state index in [2.05, 4.69) is 30.4 Å². The summed E-state index contributed by atoms with van der Waals surface area (Å²) < 4.78 is 27.5. The number of piperidine rings is 1. The molecule has 0 bridgehead atoms. The van der Waals surface area contributed by atoms with Gasteiger partial charge in [0.2, 0.25) is 15.9 Å². The number of halogens is 1. The van der Waals surface area contributed by atoms with E-state index < -0.39 is 10.0 Å². The summed E-state index contributed by atoms with van der Waals surface area (Å²) in [6.45, 7) is 2.71. The highest BCUT2D eigenvalue weighted by Crippen LogP contribution is 2.28. The van der Waals surface area contributed by atoms with Crippen molar-refractivity contribution in [1.29, 1.82) is 0 Å². The first-order chi connectivity index (χ1) is 15.4. The van der Waals surface area contributed by atoms with Crippen LogP contribution in [0.2, 0.25) is 5.02 Å². The van der Waals surface area contributed by atoms with Gasteiger partial charge in [0.05, 0.1) is 16.9 Å². The third-order valence-corrected chi connectivity index (χ3v) is 8.84.